The van der Waals surface area contributed by atoms with E-state index in [2.05, 4.69) is 12.2 Å². The van der Waals surface area contributed by atoms with E-state index in [1.54, 1.807) is 6.07 Å². The van der Waals surface area contributed by atoms with Gasteiger partial charge in [-0.3, -0.25) is 4.79 Å². The third-order valence-corrected chi connectivity index (χ3v) is 3.69. The number of nitrogens with two attached hydrogens (primary N) is 1. The number of carbonyl (C=O) groups excluding carboxylic acids is 1. The minimum Gasteiger partial charge on any atom is -0.398 e. The molecular formula is C14H20N2O. The number of para-hydroxylation sites is 1. The second-order valence-corrected chi connectivity index (χ2v) is 5.26. The predicted molar refractivity (Wildman–Crippen MR) is 69.9 cm³/mol. The summed E-state index contributed by atoms with van der Waals surface area (Å²) in [5.74, 6) is -0.0457. The summed E-state index contributed by atoms with van der Waals surface area (Å²) in [5, 5.41) is 3.12. The van der Waals surface area contributed by atoms with Crippen molar-refractivity contribution < 1.29 is 4.79 Å². The Morgan fingerprint density at radius 2 is 2.00 bits per heavy atom. The van der Waals surface area contributed by atoms with Crippen molar-refractivity contribution in [1.82, 2.24) is 5.32 Å². The van der Waals surface area contributed by atoms with Crippen LogP contribution in [0.5, 0.6) is 0 Å². The maximum Gasteiger partial charge on any atom is 0.253 e. The van der Waals surface area contributed by atoms with Crippen molar-refractivity contribution in [1.29, 1.82) is 0 Å². The van der Waals surface area contributed by atoms with Gasteiger partial charge in [0.1, 0.15) is 0 Å². The fraction of sp³-hybridized carbons (Fsp3) is 0.500. The van der Waals surface area contributed by atoms with Gasteiger partial charge in [-0.15, -0.1) is 0 Å². The zero-order valence-electron chi connectivity index (χ0n) is 10.5. The molecule has 0 atom stereocenters. The molecule has 1 saturated carbocycles. The summed E-state index contributed by atoms with van der Waals surface area (Å²) >= 11 is 0. The summed E-state index contributed by atoms with van der Waals surface area (Å²) < 4.78 is 0. The van der Waals surface area contributed by atoms with Crippen LogP contribution < -0.4 is 11.1 Å². The molecule has 0 heterocycles. The molecule has 17 heavy (non-hydrogen) atoms. The summed E-state index contributed by atoms with van der Waals surface area (Å²) in [6.07, 6.45) is 4.51. The Bertz CT molecular complexity index is 434. The van der Waals surface area contributed by atoms with Crippen LogP contribution in [0.4, 0.5) is 5.69 Å². The zero-order valence-corrected chi connectivity index (χ0v) is 10.5. The van der Waals surface area contributed by atoms with E-state index in [0.717, 1.165) is 18.4 Å². The van der Waals surface area contributed by atoms with Crippen LogP contribution >= 0.6 is 0 Å². The molecule has 1 fully saturated rings. The number of hydrogen-bond acceptors (Lipinski definition) is 2. The van der Waals surface area contributed by atoms with E-state index in [0.29, 0.717) is 11.3 Å². The average molecular weight is 232 g/mol. The first-order valence-electron chi connectivity index (χ1n) is 6.19. The molecule has 1 aliphatic carbocycles. The van der Waals surface area contributed by atoms with E-state index >= 15 is 0 Å². The molecule has 92 valence electrons. The van der Waals surface area contributed by atoms with Crippen molar-refractivity contribution in [3.05, 3.63) is 29.3 Å². The molecule has 0 bridgehead atoms. The molecule has 2 rings (SSSR count). The number of benzene rings is 1. The Morgan fingerprint density at radius 1 is 1.35 bits per heavy atom. The molecule has 3 heteroatoms. The van der Waals surface area contributed by atoms with Crippen molar-refractivity contribution in [2.75, 3.05) is 5.73 Å². The standard InChI is InChI=1S/C14H20N2O/c1-10-6-5-7-11(12(10)15)13(17)16-14(2)8-3-4-9-14/h5-7H,3-4,8-9,15H2,1-2H3,(H,16,17). The second kappa shape index (κ2) is 4.40. The van der Waals surface area contributed by atoms with Gasteiger partial charge in [-0.2, -0.15) is 0 Å². The van der Waals surface area contributed by atoms with Crippen LogP contribution in [0.2, 0.25) is 0 Å². The summed E-state index contributed by atoms with van der Waals surface area (Å²) in [5.41, 5.74) is 8.03. The SMILES string of the molecule is Cc1cccc(C(=O)NC2(C)CCCC2)c1N. The average Bonchev–Trinajstić information content (AvgIpc) is 2.68. The van der Waals surface area contributed by atoms with Gasteiger partial charge in [-0.25, -0.2) is 0 Å². The Kier molecular flexibility index (Phi) is 3.09. The Labute approximate surface area is 102 Å². The van der Waals surface area contributed by atoms with Crippen LogP contribution in [-0.2, 0) is 0 Å². The molecule has 0 saturated heterocycles. The van der Waals surface area contributed by atoms with Crippen molar-refractivity contribution >= 4 is 11.6 Å². The van der Waals surface area contributed by atoms with Gasteiger partial charge < -0.3 is 11.1 Å². The minimum absolute atomic E-state index is 0.0457. The molecule has 0 aliphatic heterocycles. The van der Waals surface area contributed by atoms with Crippen LogP contribution in [-0.4, -0.2) is 11.4 Å². The van der Waals surface area contributed by atoms with Crippen LogP contribution in [0.25, 0.3) is 0 Å². The maximum atomic E-state index is 12.2. The minimum atomic E-state index is -0.0483. The quantitative estimate of drug-likeness (QED) is 0.770. The van der Waals surface area contributed by atoms with Gasteiger partial charge in [-0.05, 0) is 38.3 Å². The van der Waals surface area contributed by atoms with E-state index in [-0.39, 0.29) is 11.4 Å². The fourth-order valence-electron chi connectivity index (χ4n) is 2.50. The van der Waals surface area contributed by atoms with Crippen molar-refractivity contribution in [2.24, 2.45) is 0 Å². The number of nitrogen functional groups attached to an aromatic ring is 1. The van der Waals surface area contributed by atoms with Crippen molar-refractivity contribution in [3.63, 3.8) is 0 Å². The molecule has 3 N–H and O–H groups in total. The van der Waals surface area contributed by atoms with Gasteiger partial charge in [0, 0.05) is 11.2 Å². The van der Waals surface area contributed by atoms with Crippen LogP contribution in [0.1, 0.15) is 48.5 Å². The third-order valence-electron chi connectivity index (χ3n) is 3.69. The van der Waals surface area contributed by atoms with Crippen LogP contribution in [0.3, 0.4) is 0 Å². The van der Waals surface area contributed by atoms with E-state index in [4.69, 9.17) is 5.73 Å². The Morgan fingerprint density at radius 3 is 2.65 bits per heavy atom. The van der Waals surface area contributed by atoms with Gasteiger partial charge >= 0.3 is 0 Å². The van der Waals surface area contributed by atoms with E-state index in [1.807, 2.05) is 19.1 Å². The Balaban J connectivity index is 2.17. The normalized spacial score (nSPS) is 18.0. The number of nitrogens with one attached hydrogen (secondary N) is 1. The monoisotopic (exact) mass is 232 g/mol. The van der Waals surface area contributed by atoms with Gasteiger partial charge in [0.05, 0.1) is 5.56 Å². The van der Waals surface area contributed by atoms with Gasteiger partial charge in [0.25, 0.3) is 5.91 Å². The molecule has 0 spiro atoms. The van der Waals surface area contributed by atoms with E-state index in [9.17, 15) is 4.79 Å². The summed E-state index contributed by atoms with van der Waals surface area (Å²) in [4.78, 5) is 12.2. The molecule has 1 aromatic carbocycles. The van der Waals surface area contributed by atoms with Gasteiger partial charge in [-0.1, -0.05) is 25.0 Å². The van der Waals surface area contributed by atoms with Gasteiger partial charge in [0.2, 0.25) is 0 Å². The van der Waals surface area contributed by atoms with E-state index < -0.39 is 0 Å². The second-order valence-electron chi connectivity index (χ2n) is 5.26. The summed E-state index contributed by atoms with van der Waals surface area (Å²) in [6.45, 7) is 4.04. The predicted octanol–water partition coefficient (Wildman–Crippen LogP) is 2.64. The zero-order chi connectivity index (χ0) is 12.5. The highest BCUT2D eigenvalue weighted by Gasteiger charge is 2.30. The first-order valence-corrected chi connectivity index (χ1v) is 6.19. The summed E-state index contributed by atoms with van der Waals surface area (Å²) in [7, 11) is 0. The lowest BCUT2D eigenvalue weighted by atomic mass is 9.99. The van der Waals surface area contributed by atoms with Crippen molar-refractivity contribution in [2.45, 2.75) is 45.1 Å². The largest absolute Gasteiger partial charge is 0.398 e. The molecule has 0 aromatic heterocycles. The van der Waals surface area contributed by atoms with Crippen LogP contribution in [0, 0.1) is 6.92 Å². The molecule has 1 amide bonds. The number of hydrogen-bond donors (Lipinski definition) is 2. The fourth-order valence-corrected chi connectivity index (χ4v) is 2.50. The molecule has 0 unspecified atom stereocenters. The summed E-state index contributed by atoms with van der Waals surface area (Å²) in [6, 6.07) is 5.58. The van der Waals surface area contributed by atoms with Crippen molar-refractivity contribution in [3.8, 4) is 0 Å². The molecule has 1 aromatic rings. The highest BCUT2D eigenvalue weighted by Crippen LogP contribution is 2.29. The maximum absolute atomic E-state index is 12.2. The lowest BCUT2D eigenvalue weighted by Crippen LogP contribution is -2.43. The number of carbonyl (C=O) groups is 1. The molecule has 3 nitrogen and oxygen atoms in total. The topological polar surface area (TPSA) is 55.1 Å². The highest BCUT2D eigenvalue weighted by atomic mass is 16.1. The van der Waals surface area contributed by atoms with Crippen LogP contribution in [0.15, 0.2) is 18.2 Å². The highest BCUT2D eigenvalue weighted by molar-refractivity contribution is 6.00. The lowest BCUT2D eigenvalue weighted by Gasteiger charge is -2.25. The smallest absolute Gasteiger partial charge is 0.253 e. The molecule has 1 aliphatic rings. The molecule has 0 radical (unpaired) electrons. The molecular weight excluding hydrogens is 212 g/mol. The first-order chi connectivity index (χ1) is 8.02. The third kappa shape index (κ3) is 2.43. The van der Waals surface area contributed by atoms with Gasteiger partial charge in [0.15, 0.2) is 0 Å². The first kappa shape index (κ1) is 12.0. The number of amides is 1. The van der Waals surface area contributed by atoms with E-state index in [1.165, 1.54) is 12.8 Å². The Hall–Kier alpha value is -1.51. The lowest BCUT2D eigenvalue weighted by molar-refractivity contribution is 0.0909. The number of aryl methyl sites for hydroxylation is 1. The number of rotatable bonds is 2. The number of anilines is 1.